The highest BCUT2D eigenvalue weighted by Crippen LogP contribution is 2.14. The van der Waals surface area contributed by atoms with Crippen molar-refractivity contribution in [1.82, 2.24) is 10.2 Å². The lowest BCUT2D eigenvalue weighted by Gasteiger charge is -2.10. The first-order valence-electron chi connectivity index (χ1n) is 5.88. The van der Waals surface area contributed by atoms with Crippen LogP contribution in [-0.2, 0) is 9.59 Å². The maximum Gasteiger partial charge on any atom is 0.276 e. The van der Waals surface area contributed by atoms with Crippen molar-refractivity contribution in [3.05, 3.63) is 41.1 Å². The zero-order valence-electron chi connectivity index (χ0n) is 10.8. The van der Waals surface area contributed by atoms with Gasteiger partial charge in [-0.2, -0.15) is 0 Å². The first kappa shape index (κ1) is 13.4. The summed E-state index contributed by atoms with van der Waals surface area (Å²) in [5.74, 6) is -0.366. The fourth-order valence-electron chi connectivity index (χ4n) is 1.77. The van der Waals surface area contributed by atoms with Crippen LogP contribution in [0.2, 0.25) is 0 Å². The molecule has 0 spiro atoms. The summed E-state index contributed by atoms with van der Waals surface area (Å²) in [6, 6.07) is 7.79. The van der Waals surface area contributed by atoms with E-state index in [4.69, 9.17) is 12.2 Å². The van der Waals surface area contributed by atoms with E-state index in [0.29, 0.717) is 5.70 Å². The number of Topliss-reactive ketones (excluding diaryl/α,β-unsaturated/α-hetero) is 1. The molecule has 0 saturated carbocycles. The van der Waals surface area contributed by atoms with E-state index in [2.05, 4.69) is 5.32 Å². The number of hydrogen-bond acceptors (Lipinski definition) is 3. The molecule has 1 aromatic carbocycles. The van der Waals surface area contributed by atoms with Crippen LogP contribution in [0.4, 0.5) is 0 Å². The Balaban J connectivity index is 2.23. The third-order valence-corrected chi connectivity index (χ3v) is 3.05. The topological polar surface area (TPSA) is 49.4 Å². The molecule has 0 bridgehead atoms. The molecule has 1 N–H and O–H groups in total. The number of aryl methyl sites for hydroxylation is 1. The average molecular weight is 274 g/mol. The molecule has 0 atom stereocenters. The van der Waals surface area contributed by atoms with Crippen molar-refractivity contribution < 1.29 is 9.59 Å². The fraction of sp³-hybridized carbons (Fsp3) is 0.214. The molecule has 5 heteroatoms. The average Bonchev–Trinajstić information content (AvgIpc) is 2.60. The number of rotatable bonds is 3. The van der Waals surface area contributed by atoms with Gasteiger partial charge in [-0.05, 0) is 37.7 Å². The van der Waals surface area contributed by atoms with Crippen molar-refractivity contribution >= 4 is 35.1 Å². The van der Waals surface area contributed by atoms with Crippen molar-refractivity contribution in [2.24, 2.45) is 0 Å². The minimum Gasteiger partial charge on any atom is -0.328 e. The summed E-state index contributed by atoms with van der Waals surface area (Å²) in [5, 5.41) is 3.12. The number of carbonyl (C=O) groups excluding carboxylic acids is 2. The second-order valence-electron chi connectivity index (χ2n) is 4.49. The number of ketones is 1. The second kappa shape index (κ2) is 5.32. The predicted molar refractivity (Wildman–Crippen MR) is 77.3 cm³/mol. The number of carbonyl (C=O) groups is 2. The Labute approximate surface area is 117 Å². The zero-order chi connectivity index (χ0) is 14.0. The Hall–Kier alpha value is -2.01. The Morgan fingerprint density at radius 1 is 1.37 bits per heavy atom. The number of nitrogens with zero attached hydrogens (tertiary/aromatic N) is 1. The van der Waals surface area contributed by atoms with E-state index in [1.807, 2.05) is 31.2 Å². The summed E-state index contributed by atoms with van der Waals surface area (Å²) in [5.41, 5.74) is 2.46. The highest BCUT2D eigenvalue weighted by molar-refractivity contribution is 7.80. The molecular weight excluding hydrogens is 260 g/mol. The molecule has 1 aliphatic rings. The number of thiocarbonyl (C=S) groups is 1. The van der Waals surface area contributed by atoms with Gasteiger partial charge in [-0.15, -0.1) is 0 Å². The van der Waals surface area contributed by atoms with Crippen molar-refractivity contribution in [1.29, 1.82) is 0 Å². The van der Waals surface area contributed by atoms with Crippen LogP contribution in [0, 0.1) is 6.92 Å². The molecule has 4 nitrogen and oxygen atoms in total. The van der Waals surface area contributed by atoms with Crippen molar-refractivity contribution in [2.75, 3.05) is 6.54 Å². The lowest BCUT2D eigenvalue weighted by molar-refractivity contribution is -0.127. The van der Waals surface area contributed by atoms with E-state index in [0.717, 1.165) is 11.1 Å². The fourth-order valence-corrected chi connectivity index (χ4v) is 2.02. The second-order valence-corrected chi connectivity index (χ2v) is 4.88. The molecule has 0 aliphatic carbocycles. The molecule has 1 heterocycles. The standard InChI is InChI=1S/C14H14N2O2S/c1-9-3-5-11(6-4-9)7-12-13(18)16(8-10(2)17)14(19)15-12/h3-7H,8H2,1-2H3,(H,15,19)/b12-7-. The van der Waals surface area contributed by atoms with Crippen LogP contribution in [0.15, 0.2) is 30.0 Å². The highest BCUT2D eigenvalue weighted by atomic mass is 32.1. The molecule has 98 valence electrons. The van der Waals surface area contributed by atoms with Crippen molar-refractivity contribution in [3.8, 4) is 0 Å². The zero-order valence-corrected chi connectivity index (χ0v) is 11.6. The molecule has 1 amide bonds. The lowest BCUT2D eigenvalue weighted by Crippen LogP contribution is -2.34. The number of amides is 1. The summed E-state index contributed by atoms with van der Waals surface area (Å²) in [6.45, 7) is 3.44. The van der Waals surface area contributed by atoms with Crippen LogP contribution in [-0.4, -0.2) is 28.2 Å². The molecule has 0 unspecified atom stereocenters. The molecule has 0 radical (unpaired) electrons. The number of hydrogen-bond donors (Lipinski definition) is 1. The minimum absolute atomic E-state index is 0.00983. The highest BCUT2D eigenvalue weighted by Gasteiger charge is 2.31. The molecule has 1 fully saturated rings. The minimum atomic E-state index is -0.263. The van der Waals surface area contributed by atoms with Crippen LogP contribution in [0.3, 0.4) is 0 Å². The predicted octanol–water partition coefficient (Wildman–Crippen LogP) is 1.64. The molecular formula is C14H14N2O2S. The van der Waals surface area contributed by atoms with Crippen molar-refractivity contribution in [2.45, 2.75) is 13.8 Å². The van der Waals surface area contributed by atoms with Gasteiger partial charge in [0.25, 0.3) is 5.91 Å². The van der Waals surface area contributed by atoms with Crippen molar-refractivity contribution in [3.63, 3.8) is 0 Å². The normalized spacial score (nSPS) is 16.9. The van der Waals surface area contributed by atoms with Gasteiger partial charge in [0.05, 0.1) is 6.54 Å². The third kappa shape index (κ3) is 3.06. The van der Waals surface area contributed by atoms with Crippen LogP contribution < -0.4 is 5.32 Å². The summed E-state index contributed by atoms with van der Waals surface area (Å²) in [6.07, 6.45) is 1.73. The van der Waals surface area contributed by atoms with E-state index in [9.17, 15) is 9.59 Å². The Bertz CT molecular complexity index is 576. The van der Waals surface area contributed by atoms with Crippen LogP contribution in [0.1, 0.15) is 18.1 Å². The molecule has 0 aromatic heterocycles. The smallest absolute Gasteiger partial charge is 0.276 e. The maximum atomic E-state index is 12.1. The van der Waals surface area contributed by atoms with Gasteiger partial charge >= 0.3 is 0 Å². The summed E-state index contributed by atoms with van der Waals surface area (Å²) in [7, 11) is 0. The van der Waals surface area contributed by atoms with Gasteiger partial charge in [-0.3, -0.25) is 14.5 Å². The van der Waals surface area contributed by atoms with Crippen LogP contribution in [0.25, 0.3) is 6.08 Å². The van der Waals surface area contributed by atoms with E-state index in [1.54, 1.807) is 6.08 Å². The number of nitrogens with one attached hydrogen (secondary N) is 1. The van der Waals surface area contributed by atoms with E-state index < -0.39 is 0 Å². The van der Waals surface area contributed by atoms with Gasteiger partial charge in [-0.25, -0.2) is 0 Å². The molecule has 1 aliphatic heterocycles. The molecule has 1 aromatic rings. The molecule has 2 rings (SSSR count). The van der Waals surface area contributed by atoms with E-state index >= 15 is 0 Å². The Morgan fingerprint density at radius 2 is 2.00 bits per heavy atom. The molecule has 1 saturated heterocycles. The monoisotopic (exact) mass is 274 g/mol. The largest absolute Gasteiger partial charge is 0.328 e. The first-order chi connectivity index (χ1) is 8.97. The van der Waals surface area contributed by atoms with Crippen LogP contribution in [0.5, 0.6) is 0 Å². The summed E-state index contributed by atoms with van der Waals surface area (Å²) in [4.78, 5) is 24.4. The third-order valence-electron chi connectivity index (χ3n) is 2.73. The Morgan fingerprint density at radius 3 is 2.58 bits per heavy atom. The quantitative estimate of drug-likeness (QED) is 0.672. The Kier molecular flexibility index (Phi) is 3.76. The van der Waals surface area contributed by atoms with Gasteiger partial charge < -0.3 is 5.32 Å². The maximum absolute atomic E-state index is 12.1. The number of benzene rings is 1. The summed E-state index contributed by atoms with van der Waals surface area (Å²) < 4.78 is 0. The van der Waals surface area contributed by atoms with Crippen LogP contribution >= 0.6 is 12.2 Å². The SMILES string of the molecule is CC(=O)CN1C(=O)/C(=C/c2ccc(C)cc2)NC1=S. The van der Waals surface area contributed by atoms with Gasteiger partial charge in [0.1, 0.15) is 11.5 Å². The van der Waals surface area contributed by atoms with Gasteiger partial charge in [0.15, 0.2) is 5.11 Å². The molecule has 19 heavy (non-hydrogen) atoms. The lowest BCUT2D eigenvalue weighted by atomic mass is 10.1. The van der Waals surface area contributed by atoms with E-state index in [-0.39, 0.29) is 23.3 Å². The first-order valence-corrected chi connectivity index (χ1v) is 6.29. The summed E-state index contributed by atoms with van der Waals surface area (Å²) >= 11 is 5.05. The van der Waals surface area contributed by atoms with Gasteiger partial charge in [0.2, 0.25) is 0 Å². The van der Waals surface area contributed by atoms with E-state index in [1.165, 1.54) is 11.8 Å². The van der Waals surface area contributed by atoms with Gasteiger partial charge in [0, 0.05) is 0 Å². The van der Waals surface area contributed by atoms with Gasteiger partial charge in [-0.1, -0.05) is 29.8 Å².